The first kappa shape index (κ1) is 13.9. The zero-order valence-electron chi connectivity index (χ0n) is 11.4. The monoisotopic (exact) mass is 305 g/mol. The van der Waals surface area contributed by atoms with Crippen LogP contribution in [0.15, 0.2) is 30.3 Å². The third-order valence-electron chi connectivity index (χ3n) is 3.91. The van der Waals surface area contributed by atoms with Crippen molar-refractivity contribution in [1.29, 1.82) is 0 Å². The van der Waals surface area contributed by atoms with Crippen LogP contribution in [0.4, 0.5) is 5.69 Å². The molecule has 1 aliphatic heterocycles. The lowest BCUT2D eigenvalue weighted by Gasteiger charge is -2.22. The number of rotatable bonds is 1. The molecule has 0 fully saturated rings. The standard InChI is InChI=1S/C16H16ClNO3/c17-15-13-6-8-18(11-1-3-12(19)4-2-11)7-5-10(13)9-14(20)16(15)21/h1-4,9,19-21H,5-8H2. The molecule has 2 aromatic carbocycles. The highest BCUT2D eigenvalue weighted by Gasteiger charge is 2.20. The summed E-state index contributed by atoms with van der Waals surface area (Å²) in [7, 11) is 0. The first-order valence-electron chi connectivity index (χ1n) is 6.82. The maximum Gasteiger partial charge on any atom is 0.176 e. The van der Waals surface area contributed by atoms with Gasteiger partial charge in [0.2, 0.25) is 0 Å². The zero-order chi connectivity index (χ0) is 15.0. The van der Waals surface area contributed by atoms with Crippen molar-refractivity contribution in [2.24, 2.45) is 0 Å². The molecule has 110 valence electrons. The van der Waals surface area contributed by atoms with E-state index in [2.05, 4.69) is 4.90 Å². The number of nitrogens with zero attached hydrogens (tertiary/aromatic N) is 1. The highest BCUT2D eigenvalue weighted by atomic mass is 35.5. The molecule has 5 heteroatoms. The largest absolute Gasteiger partial charge is 0.508 e. The fourth-order valence-corrected chi connectivity index (χ4v) is 3.06. The van der Waals surface area contributed by atoms with Crippen molar-refractivity contribution in [3.8, 4) is 17.2 Å². The van der Waals surface area contributed by atoms with Crippen molar-refractivity contribution in [2.75, 3.05) is 18.0 Å². The maximum atomic E-state index is 9.74. The van der Waals surface area contributed by atoms with Crippen LogP contribution in [0.1, 0.15) is 11.1 Å². The molecule has 0 aromatic heterocycles. The average Bonchev–Trinajstić information content (AvgIpc) is 2.69. The van der Waals surface area contributed by atoms with Crippen LogP contribution in [-0.2, 0) is 12.8 Å². The van der Waals surface area contributed by atoms with E-state index in [1.807, 2.05) is 12.1 Å². The van der Waals surface area contributed by atoms with Gasteiger partial charge >= 0.3 is 0 Å². The van der Waals surface area contributed by atoms with E-state index in [1.165, 1.54) is 0 Å². The Hall–Kier alpha value is -2.07. The molecule has 1 heterocycles. The minimum atomic E-state index is -0.242. The van der Waals surface area contributed by atoms with Crippen molar-refractivity contribution < 1.29 is 15.3 Å². The molecule has 0 spiro atoms. The van der Waals surface area contributed by atoms with Gasteiger partial charge in [0.25, 0.3) is 0 Å². The number of aromatic hydroxyl groups is 3. The Morgan fingerprint density at radius 3 is 2.33 bits per heavy atom. The van der Waals surface area contributed by atoms with Crippen molar-refractivity contribution in [3.05, 3.63) is 46.5 Å². The van der Waals surface area contributed by atoms with E-state index in [-0.39, 0.29) is 22.3 Å². The molecule has 0 bridgehead atoms. The van der Waals surface area contributed by atoms with Crippen molar-refractivity contribution in [2.45, 2.75) is 12.8 Å². The lowest BCUT2D eigenvalue weighted by atomic mass is 10.0. The smallest absolute Gasteiger partial charge is 0.176 e. The van der Waals surface area contributed by atoms with Crippen LogP contribution in [0.3, 0.4) is 0 Å². The molecule has 2 aromatic rings. The van der Waals surface area contributed by atoms with Gasteiger partial charge in [0.1, 0.15) is 5.75 Å². The average molecular weight is 306 g/mol. The highest BCUT2D eigenvalue weighted by molar-refractivity contribution is 6.33. The Labute approximate surface area is 127 Å². The second kappa shape index (κ2) is 5.37. The molecule has 0 saturated carbocycles. The number of benzene rings is 2. The fourth-order valence-electron chi connectivity index (χ4n) is 2.75. The summed E-state index contributed by atoms with van der Waals surface area (Å²) in [6.07, 6.45) is 1.44. The molecule has 0 atom stereocenters. The van der Waals surface area contributed by atoms with Crippen LogP contribution >= 0.6 is 11.6 Å². The molecule has 4 nitrogen and oxygen atoms in total. The van der Waals surface area contributed by atoms with Gasteiger partial charge in [0.15, 0.2) is 11.5 Å². The van der Waals surface area contributed by atoms with E-state index in [4.69, 9.17) is 11.6 Å². The zero-order valence-corrected chi connectivity index (χ0v) is 12.1. The van der Waals surface area contributed by atoms with Crippen molar-refractivity contribution >= 4 is 17.3 Å². The van der Waals surface area contributed by atoms with Crippen molar-refractivity contribution in [3.63, 3.8) is 0 Å². The number of hydrogen-bond acceptors (Lipinski definition) is 4. The van der Waals surface area contributed by atoms with Gasteiger partial charge in [-0.3, -0.25) is 0 Å². The van der Waals surface area contributed by atoms with E-state index in [0.29, 0.717) is 6.42 Å². The van der Waals surface area contributed by atoms with Crippen LogP contribution in [-0.4, -0.2) is 28.4 Å². The third-order valence-corrected chi connectivity index (χ3v) is 4.32. The summed E-state index contributed by atoms with van der Waals surface area (Å²) in [5.41, 5.74) is 2.90. The summed E-state index contributed by atoms with van der Waals surface area (Å²) >= 11 is 6.14. The number of hydrogen-bond donors (Lipinski definition) is 3. The third kappa shape index (κ3) is 2.59. The number of phenolic OH excluding ortho intramolecular Hbond substituents is 3. The molecule has 3 rings (SSSR count). The molecule has 0 amide bonds. The fraction of sp³-hybridized carbons (Fsp3) is 0.250. The molecule has 3 N–H and O–H groups in total. The van der Waals surface area contributed by atoms with E-state index in [9.17, 15) is 15.3 Å². The van der Waals surface area contributed by atoms with Gasteiger partial charge in [-0.15, -0.1) is 0 Å². The Morgan fingerprint density at radius 2 is 1.62 bits per heavy atom. The summed E-state index contributed by atoms with van der Waals surface area (Å²) in [5.74, 6) is -0.167. The van der Waals surface area contributed by atoms with Crippen LogP contribution in [0.2, 0.25) is 5.02 Å². The molecular weight excluding hydrogens is 290 g/mol. The Morgan fingerprint density at radius 1 is 0.952 bits per heavy atom. The predicted molar refractivity (Wildman–Crippen MR) is 82.5 cm³/mol. The summed E-state index contributed by atoms with van der Waals surface area (Å²) in [6, 6.07) is 8.68. The second-order valence-electron chi connectivity index (χ2n) is 5.20. The summed E-state index contributed by atoms with van der Waals surface area (Å²) in [4.78, 5) is 2.20. The second-order valence-corrected chi connectivity index (χ2v) is 5.58. The first-order chi connectivity index (χ1) is 10.1. The number of anilines is 1. The number of halogens is 1. The Bertz CT molecular complexity index is 670. The van der Waals surface area contributed by atoms with Gasteiger partial charge in [-0.1, -0.05) is 11.6 Å². The van der Waals surface area contributed by atoms with Crippen LogP contribution in [0.5, 0.6) is 17.2 Å². The van der Waals surface area contributed by atoms with Gasteiger partial charge in [-0.05, 0) is 54.3 Å². The quantitative estimate of drug-likeness (QED) is 0.709. The van der Waals surface area contributed by atoms with Gasteiger partial charge < -0.3 is 20.2 Å². The predicted octanol–water partition coefficient (Wildman–Crippen LogP) is 3.06. The van der Waals surface area contributed by atoms with E-state index in [0.717, 1.165) is 36.3 Å². The van der Waals surface area contributed by atoms with Gasteiger partial charge in [0.05, 0.1) is 5.02 Å². The highest BCUT2D eigenvalue weighted by Crippen LogP contribution is 2.39. The molecule has 0 aliphatic carbocycles. The summed E-state index contributed by atoms with van der Waals surface area (Å²) < 4.78 is 0. The van der Waals surface area contributed by atoms with Gasteiger partial charge in [0, 0.05) is 18.8 Å². The molecule has 0 saturated heterocycles. The van der Waals surface area contributed by atoms with E-state index in [1.54, 1.807) is 18.2 Å². The molecule has 0 radical (unpaired) electrons. The number of fused-ring (bicyclic) bond motifs is 1. The topological polar surface area (TPSA) is 63.9 Å². The molecule has 0 unspecified atom stereocenters. The molecule has 1 aliphatic rings. The Kier molecular flexibility index (Phi) is 3.55. The maximum absolute atomic E-state index is 9.74. The minimum absolute atomic E-state index is 0.170. The first-order valence-corrected chi connectivity index (χ1v) is 7.20. The van der Waals surface area contributed by atoms with Gasteiger partial charge in [-0.25, -0.2) is 0 Å². The minimum Gasteiger partial charge on any atom is -0.508 e. The normalized spacial score (nSPS) is 14.6. The summed E-state index contributed by atoms with van der Waals surface area (Å²) in [6.45, 7) is 1.56. The lowest BCUT2D eigenvalue weighted by molar-refractivity contribution is 0.403. The molecule has 21 heavy (non-hydrogen) atoms. The van der Waals surface area contributed by atoms with Crippen LogP contribution in [0, 0.1) is 0 Å². The summed E-state index contributed by atoms with van der Waals surface area (Å²) in [5, 5.41) is 29.0. The lowest BCUT2D eigenvalue weighted by Crippen LogP contribution is -2.25. The molecular formula is C16H16ClNO3. The van der Waals surface area contributed by atoms with E-state index < -0.39 is 0 Å². The van der Waals surface area contributed by atoms with Crippen LogP contribution < -0.4 is 4.90 Å². The van der Waals surface area contributed by atoms with E-state index >= 15 is 0 Å². The van der Waals surface area contributed by atoms with Crippen LogP contribution in [0.25, 0.3) is 0 Å². The number of phenols is 3. The SMILES string of the molecule is Oc1ccc(N2CCc3cc(O)c(O)c(Cl)c3CC2)cc1. The van der Waals surface area contributed by atoms with Gasteiger partial charge in [-0.2, -0.15) is 0 Å². The Balaban J connectivity index is 1.89. The van der Waals surface area contributed by atoms with Crippen molar-refractivity contribution in [1.82, 2.24) is 0 Å².